The lowest BCUT2D eigenvalue weighted by atomic mass is 9.97. The molecule has 82 heavy (non-hydrogen) atoms. The highest BCUT2D eigenvalue weighted by Gasteiger charge is 2.51. The Morgan fingerprint density at radius 3 is 1.12 bits per heavy atom. The molecule has 0 aromatic rings. The first-order valence-electron chi connectivity index (χ1n) is 34.9. The molecule has 14 nitrogen and oxygen atoms in total. The van der Waals surface area contributed by atoms with E-state index in [9.17, 15) is 45.6 Å². The zero-order valence-corrected chi connectivity index (χ0v) is 52.8. The Balaban J connectivity index is 1.67. The van der Waals surface area contributed by atoms with Crippen molar-refractivity contribution in [2.24, 2.45) is 0 Å². The second-order valence-electron chi connectivity index (χ2n) is 25.0. The van der Waals surface area contributed by atoms with Gasteiger partial charge in [0.25, 0.3) is 0 Å². The average molecular weight is 1170 g/mol. The summed E-state index contributed by atoms with van der Waals surface area (Å²) in [4.78, 5) is 13.3. The third kappa shape index (κ3) is 38.1. The Morgan fingerprint density at radius 2 is 0.756 bits per heavy atom. The molecule has 0 aromatic carbocycles. The third-order valence-electron chi connectivity index (χ3n) is 17.5. The molecule has 0 aromatic heterocycles. The van der Waals surface area contributed by atoms with Gasteiger partial charge in [0.05, 0.1) is 32.0 Å². The standard InChI is InChI=1S/C68H131NO13/c1-3-5-7-9-11-13-15-17-19-21-23-24-25-26-27-28-29-30-31-32-34-35-37-39-41-43-45-47-49-51-57(72)56(69-60(73)52-50-48-46-44-42-40-38-36-33-22-20-18-16-14-12-10-8-6-4-2)55-79-67-65(78)63(76)66(59(54-71)81-67)82-68-64(77)62(75)61(74)58(53-70)80-68/h49,51,56-59,61-68,70-72,74-78H,3-48,50,52-55H2,1-2H3,(H,69,73)/b51-49+. The van der Waals surface area contributed by atoms with Crippen molar-refractivity contribution in [2.75, 3.05) is 19.8 Å². The molecule has 0 radical (unpaired) electrons. The van der Waals surface area contributed by atoms with Crippen LogP contribution in [0.25, 0.3) is 0 Å². The van der Waals surface area contributed by atoms with Gasteiger partial charge in [-0.1, -0.05) is 309 Å². The topological polar surface area (TPSA) is 228 Å². The predicted octanol–water partition coefficient (Wildman–Crippen LogP) is 13.8. The van der Waals surface area contributed by atoms with E-state index in [1.807, 2.05) is 6.08 Å². The number of amides is 1. The SMILES string of the molecule is CCCCCCCCCCCCCCCCCCCCCCCCCCCCC/C=C/C(O)C(COC1OC(CO)C(OC2OC(CO)C(O)C(O)C2O)C(O)C1O)NC(=O)CCCCCCCCCCCCCCCCCCCCC. The number of hydrogen-bond donors (Lipinski definition) is 9. The molecule has 14 heteroatoms. The van der Waals surface area contributed by atoms with Crippen LogP contribution >= 0.6 is 0 Å². The molecule has 12 atom stereocenters. The summed E-state index contributed by atoms with van der Waals surface area (Å²) in [7, 11) is 0. The molecule has 0 aliphatic carbocycles. The number of hydrogen-bond acceptors (Lipinski definition) is 13. The van der Waals surface area contributed by atoms with Crippen molar-refractivity contribution in [2.45, 2.75) is 396 Å². The van der Waals surface area contributed by atoms with E-state index in [2.05, 4.69) is 19.2 Å². The van der Waals surface area contributed by atoms with Crippen molar-refractivity contribution < 1.29 is 64.6 Å². The summed E-state index contributed by atoms with van der Waals surface area (Å²) in [6.45, 7) is 2.86. The van der Waals surface area contributed by atoms with Crippen LogP contribution in [0.1, 0.15) is 322 Å². The molecule has 1 amide bonds. The Morgan fingerprint density at radius 1 is 0.427 bits per heavy atom. The van der Waals surface area contributed by atoms with Crippen molar-refractivity contribution in [1.82, 2.24) is 5.32 Å². The number of unbranched alkanes of at least 4 members (excludes halogenated alkanes) is 45. The minimum absolute atomic E-state index is 0.232. The highest BCUT2D eigenvalue weighted by atomic mass is 16.7. The van der Waals surface area contributed by atoms with Gasteiger partial charge in [0.2, 0.25) is 5.91 Å². The Kier molecular flexibility index (Phi) is 50.5. The first kappa shape index (κ1) is 76.8. The van der Waals surface area contributed by atoms with Gasteiger partial charge < -0.3 is 65.1 Å². The molecule has 2 heterocycles. The van der Waals surface area contributed by atoms with Crippen molar-refractivity contribution in [3.63, 3.8) is 0 Å². The third-order valence-corrected chi connectivity index (χ3v) is 17.5. The smallest absolute Gasteiger partial charge is 0.220 e. The molecular formula is C68H131NO13. The van der Waals surface area contributed by atoms with E-state index < -0.39 is 86.8 Å². The maximum absolute atomic E-state index is 13.3. The van der Waals surface area contributed by atoms with Gasteiger partial charge in [0.15, 0.2) is 12.6 Å². The zero-order valence-electron chi connectivity index (χ0n) is 52.8. The lowest BCUT2D eigenvalue weighted by Gasteiger charge is -2.46. The Labute approximate surface area is 501 Å². The van der Waals surface area contributed by atoms with Crippen molar-refractivity contribution >= 4 is 5.91 Å². The number of ether oxygens (including phenoxy) is 4. The normalized spacial score (nSPS) is 23.9. The molecule has 0 saturated carbocycles. The lowest BCUT2D eigenvalue weighted by Crippen LogP contribution is -2.65. The summed E-state index contributed by atoms with van der Waals surface area (Å²) >= 11 is 0. The van der Waals surface area contributed by atoms with E-state index in [1.54, 1.807) is 6.08 Å². The van der Waals surface area contributed by atoms with E-state index >= 15 is 0 Å². The van der Waals surface area contributed by atoms with E-state index in [-0.39, 0.29) is 18.9 Å². The Hall–Kier alpha value is -1.27. The van der Waals surface area contributed by atoms with Gasteiger partial charge in [-0.05, 0) is 19.3 Å². The maximum Gasteiger partial charge on any atom is 0.220 e. The summed E-state index contributed by atoms with van der Waals surface area (Å²) in [5.74, 6) is -0.232. The number of carbonyl (C=O) groups is 1. The summed E-state index contributed by atoms with van der Waals surface area (Å²) in [6, 6.07) is -0.911. The van der Waals surface area contributed by atoms with Crippen LogP contribution in [0.2, 0.25) is 0 Å². The van der Waals surface area contributed by atoms with Crippen molar-refractivity contribution in [3.05, 3.63) is 12.2 Å². The van der Waals surface area contributed by atoms with Gasteiger partial charge in [-0.25, -0.2) is 0 Å². The molecule has 12 unspecified atom stereocenters. The van der Waals surface area contributed by atoms with Gasteiger partial charge >= 0.3 is 0 Å². The highest BCUT2D eigenvalue weighted by molar-refractivity contribution is 5.76. The fraction of sp³-hybridized carbons (Fsp3) is 0.956. The predicted molar refractivity (Wildman–Crippen MR) is 332 cm³/mol. The van der Waals surface area contributed by atoms with Crippen LogP contribution in [0.4, 0.5) is 0 Å². The lowest BCUT2D eigenvalue weighted by molar-refractivity contribution is -0.359. The molecule has 2 rings (SSSR count). The van der Waals surface area contributed by atoms with Crippen LogP contribution in [0.3, 0.4) is 0 Å². The molecule has 2 fully saturated rings. The zero-order chi connectivity index (χ0) is 59.5. The highest BCUT2D eigenvalue weighted by Crippen LogP contribution is 2.30. The van der Waals surface area contributed by atoms with E-state index in [0.717, 1.165) is 38.5 Å². The van der Waals surface area contributed by atoms with Gasteiger partial charge in [-0.15, -0.1) is 0 Å². The first-order valence-corrected chi connectivity index (χ1v) is 34.9. The van der Waals surface area contributed by atoms with Gasteiger partial charge in [-0.2, -0.15) is 0 Å². The van der Waals surface area contributed by atoms with Crippen molar-refractivity contribution in [1.29, 1.82) is 0 Å². The first-order chi connectivity index (χ1) is 40.1. The number of aliphatic hydroxyl groups excluding tert-OH is 8. The van der Waals surface area contributed by atoms with Crippen LogP contribution in [0.5, 0.6) is 0 Å². The summed E-state index contributed by atoms with van der Waals surface area (Å²) in [5, 5.41) is 87.4. The van der Waals surface area contributed by atoms with Crippen LogP contribution in [-0.2, 0) is 23.7 Å². The van der Waals surface area contributed by atoms with Gasteiger partial charge in [0.1, 0.15) is 48.8 Å². The molecule has 0 spiro atoms. The molecule has 2 aliphatic heterocycles. The fourth-order valence-corrected chi connectivity index (χ4v) is 11.9. The van der Waals surface area contributed by atoms with Crippen LogP contribution in [0.15, 0.2) is 12.2 Å². The molecule has 2 saturated heterocycles. The summed E-state index contributed by atoms with van der Waals surface area (Å²) in [6.07, 6.45) is 48.4. The molecule has 0 bridgehead atoms. The monoisotopic (exact) mass is 1170 g/mol. The van der Waals surface area contributed by atoms with Gasteiger partial charge in [0, 0.05) is 6.42 Å². The van der Waals surface area contributed by atoms with Crippen LogP contribution in [0, 0.1) is 0 Å². The van der Waals surface area contributed by atoms with E-state index in [4.69, 9.17) is 18.9 Å². The largest absolute Gasteiger partial charge is 0.394 e. The summed E-state index contributed by atoms with van der Waals surface area (Å²) in [5.41, 5.74) is 0. The number of nitrogens with one attached hydrogen (secondary N) is 1. The molecule has 9 N–H and O–H groups in total. The number of rotatable bonds is 58. The minimum atomic E-state index is -1.79. The number of allylic oxidation sites excluding steroid dienone is 1. The minimum Gasteiger partial charge on any atom is -0.394 e. The van der Waals surface area contributed by atoms with Gasteiger partial charge in [-0.3, -0.25) is 4.79 Å². The number of carbonyl (C=O) groups excluding carboxylic acids is 1. The Bertz CT molecular complexity index is 1420. The summed E-state index contributed by atoms with van der Waals surface area (Å²) < 4.78 is 22.9. The van der Waals surface area contributed by atoms with Crippen molar-refractivity contribution in [3.8, 4) is 0 Å². The molecule has 2 aliphatic rings. The molecule has 486 valence electrons. The number of aliphatic hydroxyl groups is 8. The molecular weight excluding hydrogens is 1040 g/mol. The van der Waals surface area contributed by atoms with Crippen LogP contribution in [-0.4, -0.2) is 140 Å². The van der Waals surface area contributed by atoms with Crippen LogP contribution < -0.4 is 5.32 Å². The quantitative estimate of drug-likeness (QED) is 0.0204. The second-order valence-corrected chi connectivity index (χ2v) is 25.0. The maximum atomic E-state index is 13.3. The fourth-order valence-electron chi connectivity index (χ4n) is 11.9. The van der Waals surface area contributed by atoms with E-state index in [1.165, 1.54) is 257 Å². The average Bonchev–Trinajstić information content (AvgIpc) is 3.67. The van der Waals surface area contributed by atoms with E-state index in [0.29, 0.717) is 6.42 Å². The second kappa shape index (κ2) is 53.9.